The van der Waals surface area contributed by atoms with Crippen molar-refractivity contribution in [1.29, 1.82) is 0 Å². The maximum atomic E-state index is 14.0. The topological polar surface area (TPSA) is 133 Å². The lowest BCUT2D eigenvalue weighted by Crippen LogP contribution is -2.54. The van der Waals surface area contributed by atoms with Gasteiger partial charge in [-0.15, -0.1) is 5.10 Å². The first-order valence-electron chi connectivity index (χ1n) is 16.6. The Hall–Kier alpha value is -3.87. The molecule has 2 aromatic carbocycles. The van der Waals surface area contributed by atoms with E-state index in [0.717, 1.165) is 55.7 Å². The Morgan fingerprint density at radius 1 is 0.957 bits per heavy atom. The standard InChI is InChI=1S/C34H45ClN8O4/c1-23-20-24(21-28(35)30(23)36)22-29(32(44)41-12-8-26(9-13-41)40-18-16-39(2)17-19-40)47-34(46)42-14-10-27(11-15-42)43-33(45)37-31(38-43)25-6-4-3-5-7-25/h3-7,20-21,26-27,29H,8-19,22,36H2,1-2H3,(H,37,38,45)/t29-/m1/s1. The minimum Gasteiger partial charge on any atom is -0.436 e. The number of piperazine rings is 1. The van der Waals surface area contributed by atoms with E-state index in [0.29, 0.717) is 61.6 Å². The third-order valence-electron chi connectivity index (χ3n) is 9.92. The fourth-order valence-electron chi connectivity index (χ4n) is 6.98. The summed E-state index contributed by atoms with van der Waals surface area (Å²) in [6.07, 6.45) is 1.54. The number of likely N-dealkylation sites (tertiary alicyclic amines) is 2. The molecule has 0 saturated carbocycles. The van der Waals surface area contributed by atoms with Crippen molar-refractivity contribution in [1.82, 2.24) is 34.4 Å². The molecule has 3 aliphatic heterocycles. The number of amides is 2. The van der Waals surface area contributed by atoms with Crippen molar-refractivity contribution in [2.24, 2.45) is 0 Å². The molecule has 47 heavy (non-hydrogen) atoms. The zero-order valence-corrected chi connectivity index (χ0v) is 28.0. The summed E-state index contributed by atoms with van der Waals surface area (Å²) in [6, 6.07) is 13.4. The number of aromatic nitrogens is 3. The summed E-state index contributed by atoms with van der Waals surface area (Å²) >= 11 is 6.39. The lowest BCUT2D eigenvalue weighted by atomic mass is 9.99. The van der Waals surface area contributed by atoms with Crippen LogP contribution >= 0.6 is 11.6 Å². The number of aryl methyl sites for hydroxylation is 1. The molecule has 3 aromatic rings. The van der Waals surface area contributed by atoms with Gasteiger partial charge in [0.1, 0.15) is 0 Å². The molecular formula is C34H45ClN8O4. The molecule has 252 valence electrons. The normalized spacial score (nSPS) is 19.6. The number of nitrogen functional groups attached to an aromatic ring is 1. The Morgan fingerprint density at radius 2 is 1.60 bits per heavy atom. The third kappa shape index (κ3) is 7.66. The number of likely N-dealkylation sites (N-methyl/N-ethyl adjacent to an activating group) is 1. The highest BCUT2D eigenvalue weighted by atomic mass is 35.5. The third-order valence-corrected chi connectivity index (χ3v) is 10.2. The van der Waals surface area contributed by atoms with Gasteiger partial charge in [-0.25, -0.2) is 14.3 Å². The van der Waals surface area contributed by atoms with Crippen molar-refractivity contribution in [3.63, 3.8) is 0 Å². The van der Waals surface area contributed by atoms with Crippen LogP contribution < -0.4 is 11.4 Å². The van der Waals surface area contributed by atoms with Crippen LogP contribution in [0.15, 0.2) is 47.3 Å². The number of piperidine rings is 2. The number of rotatable bonds is 7. The van der Waals surface area contributed by atoms with Gasteiger partial charge >= 0.3 is 11.8 Å². The highest BCUT2D eigenvalue weighted by Crippen LogP contribution is 2.27. The second kappa shape index (κ2) is 14.5. The van der Waals surface area contributed by atoms with Crippen LogP contribution in [0.1, 0.15) is 42.9 Å². The number of nitrogens with one attached hydrogen (secondary N) is 1. The maximum absolute atomic E-state index is 14.0. The number of carbonyl (C=O) groups is 2. The number of anilines is 1. The van der Waals surface area contributed by atoms with Crippen molar-refractivity contribution in [3.05, 3.63) is 69.1 Å². The van der Waals surface area contributed by atoms with E-state index in [-0.39, 0.29) is 24.1 Å². The van der Waals surface area contributed by atoms with E-state index < -0.39 is 12.2 Å². The van der Waals surface area contributed by atoms with Crippen LogP contribution in [-0.4, -0.2) is 118 Å². The minimum atomic E-state index is -0.998. The maximum Gasteiger partial charge on any atom is 0.410 e. The van der Waals surface area contributed by atoms with Gasteiger partial charge in [-0.2, -0.15) is 0 Å². The predicted molar refractivity (Wildman–Crippen MR) is 181 cm³/mol. The fourth-order valence-corrected chi connectivity index (χ4v) is 7.27. The Balaban J connectivity index is 1.10. The summed E-state index contributed by atoms with van der Waals surface area (Å²) in [5.41, 5.74) is 8.73. The summed E-state index contributed by atoms with van der Waals surface area (Å²) in [6.45, 7) is 8.10. The van der Waals surface area contributed by atoms with Crippen LogP contribution in [0.25, 0.3) is 11.4 Å². The van der Waals surface area contributed by atoms with E-state index in [1.807, 2.05) is 48.2 Å². The zero-order valence-electron chi connectivity index (χ0n) is 27.2. The summed E-state index contributed by atoms with van der Waals surface area (Å²) in [5.74, 6) is 0.330. The largest absolute Gasteiger partial charge is 0.436 e. The minimum absolute atomic E-state index is 0.154. The van der Waals surface area contributed by atoms with Crippen molar-refractivity contribution in [3.8, 4) is 11.4 Å². The molecule has 12 nitrogen and oxygen atoms in total. The van der Waals surface area contributed by atoms with E-state index in [4.69, 9.17) is 22.1 Å². The van der Waals surface area contributed by atoms with E-state index in [1.54, 1.807) is 11.0 Å². The number of H-pyrrole nitrogens is 1. The predicted octanol–water partition coefficient (Wildman–Crippen LogP) is 3.41. The van der Waals surface area contributed by atoms with Gasteiger partial charge in [-0.1, -0.05) is 48.0 Å². The van der Waals surface area contributed by atoms with Crippen LogP contribution in [0, 0.1) is 6.92 Å². The summed E-state index contributed by atoms with van der Waals surface area (Å²) < 4.78 is 7.50. The van der Waals surface area contributed by atoms with E-state index in [9.17, 15) is 14.4 Å². The molecule has 3 fully saturated rings. The molecule has 3 N–H and O–H groups in total. The van der Waals surface area contributed by atoms with Gasteiger partial charge in [0.25, 0.3) is 5.91 Å². The lowest BCUT2D eigenvalue weighted by molar-refractivity contribution is -0.142. The zero-order chi connectivity index (χ0) is 33.1. The van der Waals surface area contributed by atoms with Gasteiger partial charge in [0.05, 0.1) is 16.8 Å². The van der Waals surface area contributed by atoms with Crippen molar-refractivity contribution in [2.75, 3.05) is 65.1 Å². The molecule has 0 unspecified atom stereocenters. The number of hydrogen-bond donors (Lipinski definition) is 2. The van der Waals surface area contributed by atoms with Crippen LogP contribution in [0.2, 0.25) is 5.02 Å². The number of hydrogen-bond acceptors (Lipinski definition) is 8. The Morgan fingerprint density at radius 3 is 2.26 bits per heavy atom. The van der Waals surface area contributed by atoms with E-state index in [2.05, 4.69) is 26.9 Å². The van der Waals surface area contributed by atoms with Crippen LogP contribution in [-0.2, 0) is 16.0 Å². The number of benzene rings is 2. The number of carbonyl (C=O) groups excluding carboxylic acids is 2. The van der Waals surface area contributed by atoms with Crippen LogP contribution in [0.4, 0.5) is 10.5 Å². The Labute approximate surface area is 280 Å². The first-order chi connectivity index (χ1) is 22.7. The monoisotopic (exact) mass is 664 g/mol. The number of nitrogens with two attached hydrogens (primary N) is 1. The molecule has 4 heterocycles. The molecule has 0 bridgehead atoms. The molecular weight excluding hydrogens is 620 g/mol. The fraction of sp³-hybridized carbons (Fsp3) is 0.529. The van der Waals surface area contributed by atoms with Gasteiger partial charge in [-0.3, -0.25) is 14.7 Å². The average molecular weight is 665 g/mol. The SMILES string of the molecule is Cc1cc(C[C@@H](OC(=O)N2CCC(n3nc(-c4ccccc4)[nH]c3=O)CC2)C(=O)N2CCC(N3CCN(C)CC3)CC2)cc(Cl)c1N. The summed E-state index contributed by atoms with van der Waals surface area (Å²) in [7, 11) is 2.15. The summed E-state index contributed by atoms with van der Waals surface area (Å²) in [4.78, 5) is 51.5. The first-order valence-corrected chi connectivity index (χ1v) is 17.0. The van der Waals surface area contributed by atoms with Gasteiger partial charge in [-0.05, 0) is 56.8 Å². The van der Waals surface area contributed by atoms with Gasteiger partial charge in [0.2, 0.25) is 0 Å². The molecule has 6 rings (SSSR count). The number of nitrogens with zero attached hydrogens (tertiary/aromatic N) is 6. The van der Waals surface area contributed by atoms with Gasteiger partial charge in [0.15, 0.2) is 11.9 Å². The Bertz CT molecular complexity index is 1580. The van der Waals surface area contributed by atoms with Crippen LogP contribution in [0.3, 0.4) is 0 Å². The molecule has 3 aliphatic rings. The van der Waals surface area contributed by atoms with Crippen molar-refractivity contribution in [2.45, 2.75) is 57.2 Å². The van der Waals surface area contributed by atoms with Gasteiger partial charge in [0, 0.05) is 70.4 Å². The highest BCUT2D eigenvalue weighted by Gasteiger charge is 2.35. The number of aromatic amines is 1. The van der Waals surface area contributed by atoms with Crippen LogP contribution in [0.5, 0.6) is 0 Å². The molecule has 2 amide bonds. The molecule has 1 aromatic heterocycles. The highest BCUT2D eigenvalue weighted by molar-refractivity contribution is 6.33. The Kier molecular flexibility index (Phi) is 10.2. The first kappa shape index (κ1) is 33.0. The molecule has 0 aliphatic carbocycles. The molecule has 1 atom stereocenters. The second-order valence-electron chi connectivity index (χ2n) is 13.1. The number of halogens is 1. The number of ether oxygens (including phenoxy) is 1. The molecule has 3 saturated heterocycles. The van der Waals surface area contributed by atoms with Gasteiger partial charge < -0.3 is 25.2 Å². The smallest absolute Gasteiger partial charge is 0.410 e. The van der Waals surface area contributed by atoms with E-state index >= 15 is 0 Å². The van der Waals surface area contributed by atoms with Crippen molar-refractivity contribution >= 4 is 29.3 Å². The molecule has 0 spiro atoms. The van der Waals surface area contributed by atoms with E-state index in [1.165, 1.54) is 4.68 Å². The lowest BCUT2D eigenvalue weighted by Gasteiger charge is -2.42. The second-order valence-corrected chi connectivity index (χ2v) is 13.5. The summed E-state index contributed by atoms with van der Waals surface area (Å²) in [5, 5.41) is 4.95. The quantitative estimate of drug-likeness (QED) is 0.368. The average Bonchev–Trinajstić information content (AvgIpc) is 3.48. The molecule has 0 radical (unpaired) electrons. The molecule has 13 heteroatoms. The van der Waals surface area contributed by atoms with Crippen molar-refractivity contribution < 1.29 is 14.3 Å².